The molecule has 7 nitrogen and oxygen atoms in total. The topological polar surface area (TPSA) is 101 Å². The molecule has 0 unspecified atom stereocenters. The van der Waals surface area contributed by atoms with Crippen molar-refractivity contribution in [1.29, 1.82) is 0 Å². The van der Waals surface area contributed by atoms with Crippen LogP contribution in [0.4, 0.5) is 5.69 Å². The molecule has 0 aliphatic rings. The second-order valence-corrected chi connectivity index (χ2v) is 11.2. The van der Waals surface area contributed by atoms with Crippen LogP contribution >= 0.6 is 23.2 Å². The van der Waals surface area contributed by atoms with Gasteiger partial charge in [-0.25, -0.2) is 16.8 Å². The second-order valence-electron chi connectivity index (χ2n) is 6.47. The van der Waals surface area contributed by atoms with Crippen LogP contribution in [0.15, 0.2) is 47.4 Å². The highest BCUT2D eigenvalue weighted by Gasteiger charge is 2.24. The molecular formula is C18H20Cl2N2O5S2. The van der Waals surface area contributed by atoms with Crippen molar-refractivity contribution >= 4 is 54.7 Å². The summed E-state index contributed by atoms with van der Waals surface area (Å²) < 4.78 is 48.4. The van der Waals surface area contributed by atoms with E-state index in [-0.39, 0.29) is 20.6 Å². The molecule has 1 amide bonds. The number of nitrogens with zero attached hydrogens (tertiary/aromatic N) is 1. The Bertz CT molecular complexity index is 1120. The van der Waals surface area contributed by atoms with E-state index in [4.69, 9.17) is 23.2 Å². The first kappa shape index (κ1) is 23.5. The lowest BCUT2D eigenvalue weighted by Gasteiger charge is -2.24. The number of nitrogens with one attached hydrogen (secondary N) is 1. The maximum Gasteiger partial charge on any atom is 0.241 e. The van der Waals surface area contributed by atoms with Gasteiger partial charge in [0.05, 0.1) is 32.9 Å². The van der Waals surface area contributed by atoms with Gasteiger partial charge < -0.3 is 5.32 Å². The molecule has 0 saturated heterocycles. The summed E-state index contributed by atoms with van der Waals surface area (Å²) >= 11 is 12.1. The average molecular weight is 479 g/mol. The lowest BCUT2D eigenvalue weighted by molar-refractivity contribution is -0.120. The molecule has 0 fully saturated rings. The number of anilines is 1. The van der Waals surface area contributed by atoms with Crippen molar-refractivity contribution in [1.82, 2.24) is 5.32 Å². The van der Waals surface area contributed by atoms with Crippen LogP contribution in [-0.4, -0.2) is 41.8 Å². The molecule has 0 aliphatic heterocycles. The maximum absolute atomic E-state index is 12.5. The van der Waals surface area contributed by atoms with Crippen LogP contribution in [-0.2, 0) is 24.7 Å². The predicted octanol–water partition coefficient (Wildman–Crippen LogP) is 3.04. The molecule has 0 aliphatic carbocycles. The molecular weight excluding hydrogens is 459 g/mol. The smallest absolute Gasteiger partial charge is 0.241 e. The van der Waals surface area contributed by atoms with E-state index in [0.29, 0.717) is 5.56 Å². The third kappa shape index (κ3) is 6.08. The molecule has 158 valence electrons. The summed E-state index contributed by atoms with van der Waals surface area (Å²) in [7, 11) is -7.13. The van der Waals surface area contributed by atoms with Crippen molar-refractivity contribution < 1.29 is 21.6 Å². The largest absolute Gasteiger partial charge is 0.348 e. The minimum atomic E-state index is -3.81. The zero-order valence-electron chi connectivity index (χ0n) is 15.9. The minimum absolute atomic E-state index is 0.0248. The Morgan fingerprint density at radius 2 is 1.62 bits per heavy atom. The molecule has 0 spiro atoms. The van der Waals surface area contributed by atoms with Crippen molar-refractivity contribution in [3.63, 3.8) is 0 Å². The SMILES string of the molecule is C[C@H](NC(=O)CN(c1cccc(Cl)c1Cl)S(C)(=O)=O)c1ccc(S(C)(=O)=O)cc1. The van der Waals surface area contributed by atoms with Crippen molar-refractivity contribution in [3.05, 3.63) is 58.1 Å². The van der Waals surface area contributed by atoms with Gasteiger partial charge in [-0.1, -0.05) is 41.4 Å². The van der Waals surface area contributed by atoms with Crippen LogP contribution in [0.2, 0.25) is 10.0 Å². The summed E-state index contributed by atoms with van der Waals surface area (Å²) in [5.74, 6) is -0.564. The number of sulfone groups is 1. The van der Waals surface area contributed by atoms with Crippen LogP contribution in [0.3, 0.4) is 0 Å². The normalized spacial score (nSPS) is 13.0. The van der Waals surface area contributed by atoms with Crippen LogP contribution in [0.1, 0.15) is 18.5 Å². The van der Waals surface area contributed by atoms with Gasteiger partial charge in [-0.3, -0.25) is 9.10 Å². The zero-order valence-corrected chi connectivity index (χ0v) is 19.0. The first-order valence-electron chi connectivity index (χ1n) is 8.32. The average Bonchev–Trinajstić information content (AvgIpc) is 2.61. The van der Waals surface area contributed by atoms with E-state index in [9.17, 15) is 21.6 Å². The zero-order chi connectivity index (χ0) is 22.0. The standard InChI is InChI=1S/C18H20Cl2N2O5S2/c1-12(13-7-9-14(10-8-13)28(2,24)25)21-17(23)11-22(29(3,26)27)16-6-4-5-15(19)18(16)20/h4-10,12H,11H2,1-3H3,(H,21,23)/t12-/m0/s1. The fourth-order valence-electron chi connectivity index (χ4n) is 2.57. The van der Waals surface area contributed by atoms with E-state index < -0.39 is 38.4 Å². The van der Waals surface area contributed by atoms with Crippen LogP contribution in [0, 0.1) is 0 Å². The number of amides is 1. The van der Waals surface area contributed by atoms with Gasteiger partial charge >= 0.3 is 0 Å². The summed E-state index contributed by atoms with van der Waals surface area (Å²) in [6, 6.07) is 10.1. The van der Waals surface area contributed by atoms with Crippen molar-refractivity contribution in [2.24, 2.45) is 0 Å². The lowest BCUT2D eigenvalue weighted by atomic mass is 10.1. The van der Waals surface area contributed by atoms with E-state index in [0.717, 1.165) is 16.8 Å². The number of sulfonamides is 1. The fourth-order valence-corrected chi connectivity index (χ4v) is 4.51. The van der Waals surface area contributed by atoms with E-state index in [1.54, 1.807) is 19.1 Å². The Morgan fingerprint density at radius 3 is 2.14 bits per heavy atom. The number of hydrogen-bond donors (Lipinski definition) is 1. The summed E-state index contributed by atoms with van der Waals surface area (Å²) in [5.41, 5.74) is 0.763. The number of carbonyl (C=O) groups excluding carboxylic acids is 1. The number of hydrogen-bond acceptors (Lipinski definition) is 5. The van der Waals surface area contributed by atoms with Crippen LogP contribution < -0.4 is 9.62 Å². The second kappa shape index (κ2) is 8.91. The first-order chi connectivity index (χ1) is 13.3. The number of benzene rings is 2. The van der Waals surface area contributed by atoms with Gasteiger partial charge in [-0.05, 0) is 36.8 Å². The highest BCUT2D eigenvalue weighted by Crippen LogP contribution is 2.33. The van der Waals surface area contributed by atoms with Crippen LogP contribution in [0.5, 0.6) is 0 Å². The van der Waals surface area contributed by atoms with E-state index >= 15 is 0 Å². The van der Waals surface area contributed by atoms with E-state index in [1.165, 1.54) is 30.3 Å². The molecule has 2 aromatic carbocycles. The Labute approximate surface area is 180 Å². The molecule has 29 heavy (non-hydrogen) atoms. The van der Waals surface area contributed by atoms with Crippen molar-refractivity contribution in [3.8, 4) is 0 Å². The molecule has 0 heterocycles. The lowest BCUT2D eigenvalue weighted by Crippen LogP contribution is -2.41. The highest BCUT2D eigenvalue weighted by molar-refractivity contribution is 7.92. The summed E-state index contributed by atoms with van der Waals surface area (Å²) in [4.78, 5) is 12.7. The molecule has 1 atom stereocenters. The fraction of sp³-hybridized carbons (Fsp3) is 0.278. The summed E-state index contributed by atoms with van der Waals surface area (Å²) in [6.45, 7) is 1.20. The quantitative estimate of drug-likeness (QED) is 0.658. The molecule has 1 N–H and O–H groups in total. The Hall–Kier alpha value is -1.81. The molecule has 0 radical (unpaired) electrons. The number of halogens is 2. The van der Waals surface area contributed by atoms with Crippen LogP contribution in [0.25, 0.3) is 0 Å². The van der Waals surface area contributed by atoms with Crippen molar-refractivity contribution in [2.45, 2.75) is 17.9 Å². The van der Waals surface area contributed by atoms with Gasteiger partial charge in [0.2, 0.25) is 15.9 Å². The predicted molar refractivity (Wildman–Crippen MR) is 115 cm³/mol. The first-order valence-corrected chi connectivity index (χ1v) is 12.8. The van der Waals surface area contributed by atoms with Gasteiger partial charge in [-0.2, -0.15) is 0 Å². The number of carbonyl (C=O) groups is 1. The van der Waals surface area contributed by atoms with E-state index in [1.807, 2.05) is 0 Å². The number of rotatable bonds is 7. The molecule has 11 heteroatoms. The molecule has 0 aromatic heterocycles. The molecule has 2 rings (SSSR count). The third-order valence-electron chi connectivity index (χ3n) is 4.07. The maximum atomic E-state index is 12.5. The van der Waals surface area contributed by atoms with Gasteiger partial charge in [-0.15, -0.1) is 0 Å². The Balaban J connectivity index is 2.19. The molecule has 0 saturated carbocycles. The molecule has 0 bridgehead atoms. The molecule has 2 aromatic rings. The highest BCUT2D eigenvalue weighted by atomic mass is 35.5. The Morgan fingerprint density at radius 1 is 1.03 bits per heavy atom. The Kier molecular flexibility index (Phi) is 7.21. The monoisotopic (exact) mass is 478 g/mol. The van der Waals surface area contributed by atoms with Gasteiger partial charge in [0.1, 0.15) is 6.54 Å². The van der Waals surface area contributed by atoms with Gasteiger partial charge in [0.15, 0.2) is 9.84 Å². The summed E-state index contributed by atoms with van der Waals surface area (Å²) in [5, 5.41) is 2.88. The van der Waals surface area contributed by atoms with Gasteiger partial charge in [0, 0.05) is 6.26 Å². The third-order valence-corrected chi connectivity index (χ3v) is 7.14. The summed E-state index contributed by atoms with van der Waals surface area (Å²) in [6.07, 6.45) is 2.07. The van der Waals surface area contributed by atoms with Crippen molar-refractivity contribution in [2.75, 3.05) is 23.4 Å². The van der Waals surface area contributed by atoms with E-state index in [2.05, 4.69) is 5.32 Å². The van der Waals surface area contributed by atoms with Gasteiger partial charge in [0.25, 0.3) is 0 Å². The minimum Gasteiger partial charge on any atom is -0.348 e.